The second kappa shape index (κ2) is 7.28. The summed E-state index contributed by atoms with van der Waals surface area (Å²) in [5.41, 5.74) is 2.90. The van der Waals surface area contributed by atoms with Crippen molar-refractivity contribution in [2.75, 3.05) is 6.61 Å². The molecule has 4 nitrogen and oxygen atoms in total. The molecular weight excluding hydrogens is 240 g/mol. The van der Waals surface area contributed by atoms with Crippen LogP contribution in [0.1, 0.15) is 12.5 Å². The zero-order valence-corrected chi connectivity index (χ0v) is 11.2. The number of benzene rings is 1. The van der Waals surface area contributed by atoms with E-state index in [1.165, 1.54) is 0 Å². The van der Waals surface area contributed by atoms with Crippen LogP contribution < -0.4 is 0 Å². The summed E-state index contributed by atoms with van der Waals surface area (Å²) in [6, 6.07) is 5.01. The first kappa shape index (κ1) is 14.9. The lowest BCUT2D eigenvalue weighted by Gasteiger charge is -2.00. The molecule has 0 radical (unpaired) electrons. The highest BCUT2D eigenvalue weighted by Crippen LogP contribution is 2.23. The Labute approximate surface area is 113 Å². The van der Waals surface area contributed by atoms with Crippen LogP contribution >= 0.6 is 0 Å². The SMILES string of the molecule is C=C/C(C)=C(\C=C/CO)N=Nc1ccc(O)c(C)c1. The van der Waals surface area contributed by atoms with E-state index >= 15 is 0 Å². The van der Waals surface area contributed by atoms with E-state index < -0.39 is 0 Å². The zero-order chi connectivity index (χ0) is 14.3. The molecule has 19 heavy (non-hydrogen) atoms. The minimum absolute atomic E-state index is 0.0538. The zero-order valence-electron chi connectivity index (χ0n) is 11.2. The second-order valence-corrected chi connectivity index (χ2v) is 4.03. The summed E-state index contributed by atoms with van der Waals surface area (Å²) in [6.07, 6.45) is 4.95. The molecule has 4 heteroatoms. The summed E-state index contributed by atoms with van der Waals surface area (Å²) in [6.45, 7) is 7.29. The van der Waals surface area contributed by atoms with Crippen molar-refractivity contribution in [2.24, 2.45) is 10.2 Å². The fourth-order valence-corrected chi connectivity index (χ4v) is 1.33. The van der Waals surface area contributed by atoms with Crippen LogP contribution in [0.15, 0.2) is 64.5 Å². The third-order valence-corrected chi connectivity index (χ3v) is 2.54. The molecule has 0 atom stereocenters. The Balaban J connectivity index is 3.02. The van der Waals surface area contributed by atoms with Gasteiger partial charge in [0.2, 0.25) is 0 Å². The van der Waals surface area contributed by atoms with Crippen molar-refractivity contribution in [3.8, 4) is 5.75 Å². The standard InChI is InChI=1S/C15H18N2O2/c1-4-11(2)14(6-5-9-18)17-16-13-7-8-15(19)12(3)10-13/h4-8,10,18-19H,1,9H2,2-3H3/b6-5-,14-11+,17-16?. The van der Waals surface area contributed by atoms with Gasteiger partial charge in [-0.2, -0.15) is 10.2 Å². The number of nitrogens with zero attached hydrogens (tertiary/aromatic N) is 2. The first-order chi connectivity index (χ1) is 9.08. The van der Waals surface area contributed by atoms with Crippen molar-refractivity contribution < 1.29 is 10.2 Å². The molecule has 0 aliphatic rings. The normalized spacial score (nSPS) is 13.0. The molecule has 1 aromatic carbocycles. The van der Waals surface area contributed by atoms with Crippen molar-refractivity contribution in [1.82, 2.24) is 0 Å². The van der Waals surface area contributed by atoms with Crippen molar-refractivity contribution in [1.29, 1.82) is 0 Å². The summed E-state index contributed by atoms with van der Waals surface area (Å²) in [7, 11) is 0. The molecule has 0 aliphatic carbocycles. The van der Waals surface area contributed by atoms with Crippen LogP contribution in [0.5, 0.6) is 5.75 Å². The third-order valence-electron chi connectivity index (χ3n) is 2.54. The molecule has 0 amide bonds. The van der Waals surface area contributed by atoms with E-state index in [1.807, 2.05) is 6.92 Å². The quantitative estimate of drug-likeness (QED) is 0.623. The number of phenols is 1. The molecule has 0 saturated heterocycles. The van der Waals surface area contributed by atoms with Crippen LogP contribution in [0.4, 0.5) is 5.69 Å². The summed E-state index contributed by atoms with van der Waals surface area (Å²) in [5.74, 6) is 0.233. The summed E-state index contributed by atoms with van der Waals surface area (Å²) >= 11 is 0. The largest absolute Gasteiger partial charge is 0.508 e. The van der Waals surface area contributed by atoms with E-state index in [4.69, 9.17) is 5.11 Å². The molecule has 100 valence electrons. The Morgan fingerprint density at radius 1 is 1.42 bits per heavy atom. The Kier molecular flexibility index (Phi) is 5.70. The molecule has 0 aromatic heterocycles. The number of hydrogen-bond acceptors (Lipinski definition) is 4. The van der Waals surface area contributed by atoms with Gasteiger partial charge in [-0.1, -0.05) is 18.7 Å². The number of hydrogen-bond donors (Lipinski definition) is 2. The Morgan fingerprint density at radius 3 is 2.74 bits per heavy atom. The van der Waals surface area contributed by atoms with Crippen LogP contribution in [-0.2, 0) is 0 Å². The minimum Gasteiger partial charge on any atom is -0.508 e. The number of aliphatic hydroxyl groups excluding tert-OH is 1. The first-order valence-corrected chi connectivity index (χ1v) is 5.90. The Morgan fingerprint density at radius 2 is 2.16 bits per heavy atom. The molecular formula is C15H18N2O2. The van der Waals surface area contributed by atoms with Gasteiger partial charge in [0.15, 0.2) is 0 Å². The predicted molar refractivity (Wildman–Crippen MR) is 76.5 cm³/mol. The van der Waals surface area contributed by atoms with Crippen molar-refractivity contribution >= 4 is 5.69 Å². The molecule has 0 spiro atoms. The van der Waals surface area contributed by atoms with Gasteiger partial charge in [-0.25, -0.2) is 0 Å². The van der Waals surface area contributed by atoms with E-state index in [9.17, 15) is 5.11 Å². The van der Waals surface area contributed by atoms with Gasteiger partial charge in [-0.3, -0.25) is 0 Å². The Bertz CT molecular complexity index is 543. The van der Waals surface area contributed by atoms with E-state index in [2.05, 4.69) is 16.8 Å². The van der Waals surface area contributed by atoms with Gasteiger partial charge >= 0.3 is 0 Å². The molecule has 0 bridgehead atoms. The molecule has 0 fully saturated rings. The summed E-state index contributed by atoms with van der Waals surface area (Å²) < 4.78 is 0. The number of aryl methyl sites for hydroxylation is 1. The van der Waals surface area contributed by atoms with Gasteiger partial charge in [0.25, 0.3) is 0 Å². The molecule has 0 saturated carbocycles. The average Bonchev–Trinajstić information content (AvgIpc) is 2.42. The second-order valence-electron chi connectivity index (χ2n) is 4.03. The monoisotopic (exact) mass is 258 g/mol. The number of aliphatic hydroxyl groups is 1. The molecule has 1 aromatic rings. The minimum atomic E-state index is -0.0538. The lowest BCUT2D eigenvalue weighted by atomic mass is 10.2. The van der Waals surface area contributed by atoms with Gasteiger partial charge in [0, 0.05) is 0 Å². The third kappa shape index (κ3) is 4.52. The maximum Gasteiger partial charge on any atom is 0.118 e. The number of rotatable bonds is 5. The van der Waals surface area contributed by atoms with Crippen LogP contribution in [0.25, 0.3) is 0 Å². The highest BCUT2D eigenvalue weighted by Gasteiger charge is 1.98. The van der Waals surface area contributed by atoms with Crippen LogP contribution in [0, 0.1) is 6.92 Å². The van der Waals surface area contributed by atoms with Crippen LogP contribution in [0.3, 0.4) is 0 Å². The number of azo groups is 1. The fourth-order valence-electron chi connectivity index (χ4n) is 1.33. The topological polar surface area (TPSA) is 65.2 Å². The highest BCUT2D eigenvalue weighted by molar-refractivity contribution is 5.46. The van der Waals surface area contributed by atoms with Gasteiger partial charge < -0.3 is 10.2 Å². The van der Waals surface area contributed by atoms with Gasteiger partial charge in [-0.15, -0.1) is 0 Å². The fraction of sp³-hybridized carbons (Fsp3) is 0.200. The molecule has 0 heterocycles. The first-order valence-electron chi connectivity index (χ1n) is 5.90. The van der Waals surface area contributed by atoms with Gasteiger partial charge in [0.05, 0.1) is 18.0 Å². The summed E-state index contributed by atoms with van der Waals surface area (Å²) in [5, 5.41) is 26.4. The van der Waals surface area contributed by atoms with E-state index in [0.717, 1.165) is 11.1 Å². The van der Waals surface area contributed by atoms with Crippen molar-refractivity contribution in [3.05, 3.63) is 59.8 Å². The lowest BCUT2D eigenvalue weighted by Crippen LogP contribution is -1.80. The number of allylic oxidation sites excluding steroid dienone is 3. The molecule has 0 aliphatic heterocycles. The van der Waals surface area contributed by atoms with Gasteiger partial charge in [-0.05, 0) is 49.3 Å². The van der Waals surface area contributed by atoms with Crippen molar-refractivity contribution in [2.45, 2.75) is 13.8 Å². The lowest BCUT2D eigenvalue weighted by molar-refractivity contribution is 0.342. The maximum absolute atomic E-state index is 9.43. The predicted octanol–water partition coefficient (Wildman–Crippen LogP) is 3.79. The number of phenolic OH excluding ortho intramolecular Hbond substituents is 1. The average molecular weight is 258 g/mol. The molecule has 1 rings (SSSR count). The molecule has 2 N–H and O–H groups in total. The van der Waals surface area contributed by atoms with Gasteiger partial charge in [0.1, 0.15) is 5.75 Å². The van der Waals surface area contributed by atoms with E-state index in [-0.39, 0.29) is 12.4 Å². The van der Waals surface area contributed by atoms with Crippen LogP contribution in [-0.4, -0.2) is 16.8 Å². The van der Waals surface area contributed by atoms with Crippen LogP contribution in [0.2, 0.25) is 0 Å². The van der Waals surface area contributed by atoms with E-state index in [0.29, 0.717) is 11.4 Å². The van der Waals surface area contributed by atoms with Crippen molar-refractivity contribution in [3.63, 3.8) is 0 Å². The highest BCUT2D eigenvalue weighted by atomic mass is 16.3. The Hall–Kier alpha value is -2.20. The smallest absolute Gasteiger partial charge is 0.118 e. The summed E-state index contributed by atoms with van der Waals surface area (Å²) in [4.78, 5) is 0. The maximum atomic E-state index is 9.43. The number of aromatic hydroxyl groups is 1. The molecule has 0 unspecified atom stereocenters. The van der Waals surface area contributed by atoms with E-state index in [1.54, 1.807) is 43.4 Å².